The van der Waals surface area contributed by atoms with Crippen LogP contribution in [0.4, 0.5) is 0 Å². The van der Waals surface area contributed by atoms with Gasteiger partial charge in [-0.05, 0) is 19.3 Å². The normalized spacial score (nSPS) is 17.6. The molecule has 0 aromatic rings. The Kier molecular flexibility index (Phi) is 5.08. The van der Waals surface area contributed by atoms with Gasteiger partial charge in [-0.1, -0.05) is 20.8 Å². The van der Waals surface area contributed by atoms with Gasteiger partial charge in [0.25, 0.3) is 0 Å². The molecule has 0 aliphatic carbocycles. The Labute approximate surface area is 85.9 Å². The Morgan fingerprint density at radius 3 is 2.43 bits per heavy atom. The van der Waals surface area contributed by atoms with Gasteiger partial charge in [0.2, 0.25) is 5.91 Å². The van der Waals surface area contributed by atoms with Crippen molar-refractivity contribution < 1.29 is 9.90 Å². The minimum absolute atomic E-state index is 0.113. The first-order valence-electron chi connectivity index (χ1n) is 5.06. The minimum atomic E-state index is -0.841. The molecule has 4 N–H and O–H groups in total. The minimum Gasteiger partial charge on any atom is -0.388 e. The summed E-state index contributed by atoms with van der Waals surface area (Å²) in [5.41, 5.74) is 4.80. The van der Waals surface area contributed by atoms with Crippen molar-refractivity contribution in [1.29, 1.82) is 0 Å². The van der Waals surface area contributed by atoms with Crippen LogP contribution >= 0.6 is 0 Å². The molecule has 0 aliphatic rings. The highest BCUT2D eigenvalue weighted by molar-refractivity contribution is 5.81. The van der Waals surface area contributed by atoms with E-state index < -0.39 is 11.6 Å². The fourth-order valence-electron chi connectivity index (χ4n) is 0.823. The summed E-state index contributed by atoms with van der Waals surface area (Å²) in [7, 11) is 0. The Morgan fingerprint density at radius 2 is 2.07 bits per heavy atom. The lowest BCUT2D eigenvalue weighted by Gasteiger charge is -2.23. The molecular formula is C10H22N2O2. The van der Waals surface area contributed by atoms with Gasteiger partial charge in [0, 0.05) is 6.54 Å². The predicted octanol–water partition coefficient (Wildman–Crippen LogP) is 0.247. The molecule has 2 atom stereocenters. The van der Waals surface area contributed by atoms with E-state index in [9.17, 15) is 9.90 Å². The van der Waals surface area contributed by atoms with Crippen LogP contribution in [0.25, 0.3) is 0 Å². The molecule has 4 nitrogen and oxygen atoms in total. The fraction of sp³-hybridized carbons (Fsp3) is 0.900. The summed E-state index contributed by atoms with van der Waals surface area (Å²) in [4.78, 5) is 11.4. The van der Waals surface area contributed by atoms with E-state index in [-0.39, 0.29) is 18.4 Å². The van der Waals surface area contributed by atoms with Crippen LogP contribution in [0.1, 0.15) is 34.1 Å². The van der Waals surface area contributed by atoms with Crippen LogP contribution in [0.2, 0.25) is 0 Å². The molecule has 0 rings (SSSR count). The summed E-state index contributed by atoms with van der Waals surface area (Å²) in [6.45, 7) is 7.59. The molecule has 0 aliphatic heterocycles. The van der Waals surface area contributed by atoms with Gasteiger partial charge in [0.1, 0.15) is 0 Å². The maximum Gasteiger partial charge on any atom is 0.237 e. The second-order valence-corrected chi connectivity index (χ2v) is 4.34. The molecule has 84 valence electrons. The van der Waals surface area contributed by atoms with Crippen molar-refractivity contribution in [3.05, 3.63) is 0 Å². The highest BCUT2D eigenvalue weighted by Crippen LogP contribution is 2.06. The molecule has 0 spiro atoms. The zero-order valence-electron chi connectivity index (χ0n) is 9.50. The van der Waals surface area contributed by atoms with Gasteiger partial charge < -0.3 is 16.2 Å². The van der Waals surface area contributed by atoms with Crippen molar-refractivity contribution >= 4 is 5.91 Å². The summed E-state index contributed by atoms with van der Waals surface area (Å²) in [5.74, 6) is -0.0877. The number of hydrogen-bond donors (Lipinski definition) is 3. The van der Waals surface area contributed by atoms with Gasteiger partial charge in [-0.2, -0.15) is 0 Å². The van der Waals surface area contributed by atoms with E-state index in [1.165, 1.54) is 0 Å². The van der Waals surface area contributed by atoms with Crippen molar-refractivity contribution in [1.82, 2.24) is 5.32 Å². The molecule has 14 heavy (non-hydrogen) atoms. The molecule has 0 saturated carbocycles. The van der Waals surface area contributed by atoms with Crippen LogP contribution in [0, 0.1) is 5.92 Å². The molecule has 0 aromatic carbocycles. The number of rotatable bonds is 5. The maximum atomic E-state index is 11.4. The first-order chi connectivity index (χ1) is 6.30. The molecule has 0 heterocycles. The average Bonchev–Trinajstić information content (AvgIpc) is 2.13. The van der Waals surface area contributed by atoms with Crippen LogP contribution in [0.5, 0.6) is 0 Å². The monoisotopic (exact) mass is 202 g/mol. The standard InChI is InChI=1S/C10H22N2O2/c1-5-10(4,14)6-12-9(13)8(11)7(2)3/h7-8,14H,5-6,11H2,1-4H3,(H,12,13)/t8-,10?/m1/s1. The summed E-state index contributed by atoms with van der Waals surface area (Å²) in [6.07, 6.45) is 0.601. The summed E-state index contributed by atoms with van der Waals surface area (Å²) in [6, 6.07) is -0.498. The lowest BCUT2D eigenvalue weighted by atomic mass is 10.0. The van der Waals surface area contributed by atoms with Crippen molar-refractivity contribution in [2.45, 2.75) is 45.8 Å². The molecule has 0 saturated heterocycles. The van der Waals surface area contributed by atoms with Crippen LogP contribution in [0.15, 0.2) is 0 Å². The number of aliphatic hydroxyl groups is 1. The Bertz CT molecular complexity index is 191. The van der Waals surface area contributed by atoms with Crippen LogP contribution in [-0.4, -0.2) is 29.2 Å². The third-order valence-corrected chi connectivity index (χ3v) is 2.43. The first kappa shape index (κ1) is 13.4. The lowest BCUT2D eigenvalue weighted by molar-refractivity contribution is -0.124. The van der Waals surface area contributed by atoms with Crippen molar-refractivity contribution in [3.8, 4) is 0 Å². The predicted molar refractivity (Wildman–Crippen MR) is 56.7 cm³/mol. The number of hydrogen-bond acceptors (Lipinski definition) is 3. The third kappa shape index (κ3) is 4.58. The van der Waals surface area contributed by atoms with Crippen molar-refractivity contribution in [2.24, 2.45) is 11.7 Å². The second-order valence-electron chi connectivity index (χ2n) is 4.34. The highest BCUT2D eigenvalue weighted by Gasteiger charge is 2.22. The SMILES string of the molecule is CCC(C)(O)CNC(=O)[C@H](N)C(C)C. The van der Waals surface area contributed by atoms with Gasteiger partial charge >= 0.3 is 0 Å². The summed E-state index contributed by atoms with van der Waals surface area (Å²) >= 11 is 0. The lowest BCUT2D eigenvalue weighted by Crippen LogP contribution is -2.48. The average molecular weight is 202 g/mol. The van der Waals surface area contributed by atoms with E-state index in [2.05, 4.69) is 5.32 Å². The van der Waals surface area contributed by atoms with Crippen molar-refractivity contribution in [2.75, 3.05) is 6.54 Å². The Morgan fingerprint density at radius 1 is 1.57 bits per heavy atom. The number of nitrogens with two attached hydrogens (primary N) is 1. The van der Waals surface area contributed by atoms with E-state index >= 15 is 0 Å². The van der Waals surface area contributed by atoms with Gasteiger partial charge in [-0.25, -0.2) is 0 Å². The van der Waals surface area contributed by atoms with Crippen LogP contribution in [-0.2, 0) is 4.79 Å². The molecular weight excluding hydrogens is 180 g/mol. The number of carbonyl (C=O) groups excluding carboxylic acids is 1. The van der Waals surface area contributed by atoms with E-state index in [1.807, 2.05) is 20.8 Å². The molecule has 0 aromatic heterocycles. The van der Waals surface area contributed by atoms with Crippen molar-refractivity contribution in [3.63, 3.8) is 0 Å². The Balaban J connectivity index is 3.97. The van der Waals surface area contributed by atoms with Crippen LogP contribution in [0.3, 0.4) is 0 Å². The molecule has 0 bridgehead atoms. The maximum absolute atomic E-state index is 11.4. The molecule has 1 amide bonds. The molecule has 4 heteroatoms. The van der Waals surface area contributed by atoms with Gasteiger partial charge in [-0.15, -0.1) is 0 Å². The third-order valence-electron chi connectivity index (χ3n) is 2.43. The number of carbonyl (C=O) groups is 1. The van der Waals surface area contributed by atoms with Gasteiger partial charge in [-0.3, -0.25) is 4.79 Å². The topological polar surface area (TPSA) is 75.3 Å². The summed E-state index contributed by atoms with van der Waals surface area (Å²) < 4.78 is 0. The smallest absolute Gasteiger partial charge is 0.237 e. The largest absolute Gasteiger partial charge is 0.388 e. The zero-order chi connectivity index (χ0) is 11.4. The number of amides is 1. The van der Waals surface area contributed by atoms with E-state index in [4.69, 9.17) is 5.73 Å². The fourth-order valence-corrected chi connectivity index (χ4v) is 0.823. The number of nitrogens with one attached hydrogen (secondary N) is 1. The van der Waals surface area contributed by atoms with Crippen LogP contribution < -0.4 is 11.1 Å². The quantitative estimate of drug-likeness (QED) is 0.598. The first-order valence-corrected chi connectivity index (χ1v) is 5.06. The van der Waals surface area contributed by atoms with Gasteiger partial charge in [0.05, 0.1) is 11.6 Å². The van der Waals surface area contributed by atoms with E-state index in [0.717, 1.165) is 0 Å². The highest BCUT2D eigenvalue weighted by atomic mass is 16.3. The Hall–Kier alpha value is -0.610. The molecule has 0 radical (unpaired) electrons. The van der Waals surface area contributed by atoms with E-state index in [1.54, 1.807) is 6.92 Å². The molecule has 1 unspecified atom stereocenters. The summed E-state index contributed by atoms with van der Waals surface area (Å²) in [5, 5.41) is 12.3. The molecule has 0 fully saturated rings. The second kappa shape index (κ2) is 5.32. The van der Waals surface area contributed by atoms with Gasteiger partial charge in [0.15, 0.2) is 0 Å². The zero-order valence-corrected chi connectivity index (χ0v) is 9.50. The van der Waals surface area contributed by atoms with E-state index in [0.29, 0.717) is 6.42 Å².